The summed E-state index contributed by atoms with van der Waals surface area (Å²) in [6, 6.07) is 1.56. The monoisotopic (exact) mass is 213 g/mol. The Balaban J connectivity index is 2.71. The molecule has 1 unspecified atom stereocenters. The Kier molecular flexibility index (Phi) is 4.07. The number of nitrogens with two attached hydrogens (primary N) is 2. The van der Waals surface area contributed by atoms with E-state index in [0.717, 1.165) is 0 Å². The molecule has 0 aliphatic rings. The van der Waals surface area contributed by atoms with Gasteiger partial charge >= 0.3 is 0 Å². The summed E-state index contributed by atoms with van der Waals surface area (Å²) in [6.45, 7) is 2.33. The number of nitrogens with zero attached hydrogens (tertiary/aromatic N) is 2. The third kappa shape index (κ3) is 3.56. The van der Waals surface area contributed by atoms with E-state index in [1.807, 2.05) is 6.92 Å². The van der Waals surface area contributed by atoms with Gasteiger partial charge in [0.25, 0.3) is 0 Å². The van der Waals surface area contributed by atoms with Gasteiger partial charge in [0.1, 0.15) is 11.9 Å². The number of rotatable bonds is 5. The molecule has 1 heterocycles. The average molecular weight is 213 g/mol. The van der Waals surface area contributed by atoms with E-state index < -0.39 is 0 Å². The molecule has 0 aliphatic heterocycles. The number of hydrazine groups is 1. The highest BCUT2D eigenvalue weighted by molar-refractivity contribution is 5.41. The SMILES string of the molecule is COCC(C)Oc1cc(NN)nc(N)n1. The first-order valence-corrected chi connectivity index (χ1v) is 4.42. The average Bonchev–Trinajstić information content (AvgIpc) is 2.17. The first kappa shape index (κ1) is 11.5. The third-order valence-corrected chi connectivity index (χ3v) is 1.59. The van der Waals surface area contributed by atoms with Gasteiger partial charge in [0.05, 0.1) is 6.61 Å². The first-order chi connectivity index (χ1) is 7.15. The van der Waals surface area contributed by atoms with Crippen molar-refractivity contribution in [3.8, 4) is 5.88 Å². The highest BCUT2D eigenvalue weighted by Crippen LogP contribution is 2.14. The summed E-state index contributed by atoms with van der Waals surface area (Å²) in [7, 11) is 1.60. The maximum Gasteiger partial charge on any atom is 0.225 e. The van der Waals surface area contributed by atoms with E-state index in [1.54, 1.807) is 13.2 Å². The Morgan fingerprint density at radius 2 is 2.27 bits per heavy atom. The van der Waals surface area contributed by atoms with Crippen LogP contribution in [0.4, 0.5) is 11.8 Å². The molecule has 0 radical (unpaired) electrons. The van der Waals surface area contributed by atoms with Crippen LogP contribution in [0, 0.1) is 0 Å². The fourth-order valence-corrected chi connectivity index (χ4v) is 1.05. The minimum atomic E-state index is -0.116. The lowest BCUT2D eigenvalue weighted by molar-refractivity contribution is 0.0890. The van der Waals surface area contributed by atoms with Gasteiger partial charge in [-0.05, 0) is 6.92 Å². The summed E-state index contributed by atoms with van der Waals surface area (Å²) in [6.07, 6.45) is -0.116. The van der Waals surface area contributed by atoms with Crippen molar-refractivity contribution in [3.63, 3.8) is 0 Å². The Morgan fingerprint density at radius 3 is 2.87 bits per heavy atom. The molecule has 5 N–H and O–H groups in total. The molecular weight excluding hydrogens is 198 g/mol. The predicted molar refractivity (Wildman–Crippen MR) is 56.2 cm³/mol. The van der Waals surface area contributed by atoms with Crippen LogP contribution in [0.2, 0.25) is 0 Å². The van der Waals surface area contributed by atoms with Gasteiger partial charge in [-0.1, -0.05) is 0 Å². The van der Waals surface area contributed by atoms with Crippen LogP contribution in [0.5, 0.6) is 5.88 Å². The Bertz CT molecular complexity index is 320. The zero-order chi connectivity index (χ0) is 11.3. The molecule has 84 valence electrons. The van der Waals surface area contributed by atoms with E-state index >= 15 is 0 Å². The molecule has 1 aromatic rings. The van der Waals surface area contributed by atoms with Crippen LogP contribution in [0.25, 0.3) is 0 Å². The van der Waals surface area contributed by atoms with Crippen molar-refractivity contribution in [3.05, 3.63) is 6.07 Å². The van der Waals surface area contributed by atoms with Crippen molar-refractivity contribution in [2.75, 3.05) is 24.9 Å². The van der Waals surface area contributed by atoms with Crippen LogP contribution in [-0.2, 0) is 4.74 Å². The predicted octanol–water partition coefficient (Wildman–Crippen LogP) is -0.242. The van der Waals surface area contributed by atoms with Crippen LogP contribution in [0.1, 0.15) is 6.92 Å². The number of ether oxygens (including phenoxy) is 2. The van der Waals surface area contributed by atoms with E-state index in [9.17, 15) is 0 Å². The van der Waals surface area contributed by atoms with E-state index in [-0.39, 0.29) is 12.1 Å². The lowest BCUT2D eigenvalue weighted by Gasteiger charge is -2.13. The number of hydrogen-bond donors (Lipinski definition) is 3. The minimum Gasteiger partial charge on any atom is -0.472 e. The second kappa shape index (κ2) is 5.32. The Morgan fingerprint density at radius 1 is 1.53 bits per heavy atom. The lowest BCUT2D eigenvalue weighted by Crippen LogP contribution is -2.19. The molecule has 1 aromatic heterocycles. The summed E-state index contributed by atoms with van der Waals surface area (Å²) in [5, 5.41) is 0. The van der Waals surface area contributed by atoms with Gasteiger partial charge < -0.3 is 20.6 Å². The van der Waals surface area contributed by atoms with Gasteiger partial charge in [0.2, 0.25) is 11.8 Å². The minimum absolute atomic E-state index is 0.102. The number of nitrogen functional groups attached to an aromatic ring is 2. The van der Waals surface area contributed by atoms with Gasteiger partial charge in [0.15, 0.2) is 0 Å². The molecule has 0 amide bonds. The van der Waals surface area contributed by atoms with Crippen LogP contribution in [-0.4, -0.2) is 29.8 Å². The molecule has 0 bridgehead atoms. The topological polar surface area (TPSA) is 108 Å². The fraction of sp³-hybridized carbons (Fsp3) is 0.500. The number of nitrogens with one attached hydrogen (secondary N) is 1. The van der Waals surface area contributed by atoms with Crippen molar-refractivity contribution in [2.45, 2.75) is 13.0 Å². The summed E-state index contributed by atoms with van der Waals surface area (Å²) >= 11 is 0. The van der Waals surface area contributed by atoms with Gasteiger partial charge in [0, 0.05) is 13.2 Å². The van der Waals surface area contributed by atoms with Crippen LogP contribution in [0.3, 0.4) is 0 Å². The van der Waals surface area contributed by atoms with Crippen LogP contribution in [0.15, 0.2) is 6.07 Å². The molecule has 1 atom stereocenters. The van der Waals surface area contributed by atoms with Crippen molar-refractivity contribution in [2.24, 2.45) is 5.84 Å². The summed E-state index contributed by atoms with van der Waals surface area (Å²) in [5.74, 6) is 6.07. The number of anilines is 2. The molecule has 0 saturated heterocycles. The molecule has 15 heavy (non-hydrogen) atoms. The Hall–Kier alpha value is -1.60. The standard InChI is InChI=1S/C8H15N5O2/c1-5(4-14-2)15-7-3-6(13-10)11-8(9)12-7/h3,5H,4,10H2,1-2H3,(H3,9,11,12,13). The van der Waals surface area contributed by atoms with Crippen molar-refractivity contribution < 1.29 is 9.47 Å². The summed E-state index contributed by atoms with van der Waals surface area (Å²) in [5.41, 5.74) is 7.83. The zero-order valence-electron chi connectivity index (χ0n) is 8.73. The molecule has 7 heteroatoms. The molecule has 0 saturated carbocycles. The van der Waals surface area contributed by atoms with Crippen molar-refractivity contribution in [1.29, 1.82) is 0 Å². The van der Waals surface area contributed by atoms with Crippen molar-refractivity contribution in [1.82, 2.24) is 9.97 Å². The van der Waals surface area contributed by atoms with Gasteiger partial charge in [-0.15, -0.1) is 0 Å². The second-order valence-corrected chi connectivity index (χ2v) is 2.98. The highest BCUT2D eigenvalue weighted by atomic mass is 16.5. The van der Waals surface area contributed by atoms with Crippen molar-refractivity contribution >= 4 is 11.8 Å². The lowest BCUT2D eigenvalue weighted by atomic mass is 10.4. The van der Waals surface area contributed by atoms with Crippen LogP contribution >= 0.6 is 0 Å². The number of hydrogen-bond acceptors (Lipinski definition) is 7. The molecule has 0 aromatic carbocycles. The van der Waals surface area contributed by atoms with E-state index in [1.165, 1.54) is 0 Å². The maximum atomic E-state index is 5.46. The second-order valence-electron chi connectivity index (χ2n) is 2.98. The first-order valence-electron chi connectivity index (χ1n) is 4.42. The largest absolute Gasteiger partial charge is 0.472 e. The molecule has 7 nitrogen and oxygen atoms in total. The van der Waals surface area contributed by atoms with Gasteiger partial charge in [-0.2, -0.15) is 9.97 Å². The van der Waals surface area contributed by atoms with Crippen LogP contribution < -0.4 is 21.7 Å². The summed E-state index contributed by atoms with van der Waals surface area (Å²) in [4.78, 5) is 7.72. The molecule has 0 aliphatic carbocycles. The molecule has 0 spiro atoms. The summed E-state index contributed by atoms with van der Waals surface area (Å²) < 4.78 is 10.3. The number of methoxy groups -OCH3 is 1. The smallest absolute Gasteiger partial charge is 0.225 e. The quantitative estimate of drug-likeness (QED) is 0.457. The van der Waals surface area contributed by atoms with E-state index in [4.69, 9.17) is 21.1 Å². The normalized spacial score (nSPS) is 12.2. The maximum absolute atomic E-state index is 5.46. The number of aromatic nitrogens is 2. The zero-order valence-corrected chi connectivity index (χ0v) is 8.73. The van der Waals surface area contributed by atoms with E-state index in [2.05, 4.69) is 15.4 Å². The molecular formula is C8H15N5O2. The molecule has 0 fully saturated rings. The third-order valence-electron chi connectivity index (χ3n) is 1.59. The van der Waals surface area contributed by atoms with Gasteiger partial charge in [-0.3, -0.25) is 0 Å². The molecule has 1 rings (SSSR count). The Labute approximate surface area is 87.8 Å². The fourth-order valence-electron chi connectivity index (χ4n) is 1.05. The van der Waals surface area contributed by atoms with E-state index in [0.29, 0.717) is 18.3 Å². The highest BCUT2D eigenvalue weighted by Gasteiger charge is 2.07. The van der Waals surface area contributed by atoms with Gasteiger partial charge in [-0.25, -0.2) is 5.84 Å².